The lowest BCUT2D eigenvalue weighted by molar-refractivity contribution is 0.0740. The molecule has 0 aromatic heterocycles. The second-order valence-corrected chi connectivity index (χ2v) is 5.17. The molecule has 1 aliphatic rings. The molecule has 3 N–H and O–H groups in total. The molecule has 1 aromatic rings. The van der Waals surface area contributed by atoms with Crippen molar-refractivity contribution in [3.05, 3.63) is 29.8 Å². The van der Waals surface area contributed by atoms with Crippen molar-refractivity contribution in [1.29, 1.82) is 0 Å². The first-order chi connectivity index (χ1) is 8.61. The van der Waals surface area contributed by atoms with E-state index in [2.05, 4.69) is 23.8 Å². The van der Waals surface area contributed by atoms with Crippen LogP contribution in [0.5, 0.6) is 5.75 Å². The van der Waals surface area contributed by atoms with Crippen molar-refractivity contribution in [3.63, 3.8) is 0 Å². The fraction of sp³-hybridized carbons (Fsp3) is 0.571. The third-order valence-corrected chi connectivity index (χ3v) is 3.91. The largest absolute Gasteiger partial charge is 0.508 e. The van der Waals surface area contributed by atoms with Gasteiger partial charge in [-0.25, -0.2) is 0 Å². The molecule has 18 heavy (non-hydrogen) atoms. The van der Waals surface area contributed by atoms with Crippen LogP contribution in [0.4, 0.5) is 0 Å². The van der Waals surface area contributed by atoms with E-state index in [0.29, 0.717) is 18.3 Å². The number of phenols is 1. The summed E-state index contributed by atoms with van der Waals surface area (Å²) in [6.45, 7) is 5.94. The molecule has 0 bridgehead atoms. The minimum atomic E-state index is 0.202. The summed E-state index contributed by atoms with van der Waals surface area (Å²) in [7, 11) is 2.16. The maximum atomic E-state index is 9.58. The van der Waals surface area contributed by atoms with Gasteiger partial charge in [-0.05, 0) is 31.7 Å². The molecule has 2 unspecified atom stereocenters. The van der Waals surface area contributed by atoms with Crippen molar-refractivity contribution in [3.8, 4) is 5.75 Å². The number of hydrogen-bond donors (Lipinski definition) is 2. The van der Waals surface area contributed by atoms with Gasteiger partial charge >= 0.3 is 0 Å². The Morgan fingerprint density at radius 2 is 2.22 bits per heavy atom. The molecule has 1 aliphatic heterocycles. The maximum absolute atomic E-state index is 9.58. The van der Waals surface area contributed by atoms with E-state index in [1.165, 1.54) is 0 Å². The highest BCUT2D eigenvalue weighted by atomic mass is 16.3. The van der Waals surface area contributed by atoms with Crippen molar-refractivity contribution < 1.29 is 5.11 Å². The molecule has 1 saturated heterocycles. The molecule has 1 heterocycles. The number of benzene rings is 1. The third-order valence-electron chi connectivity index (χ3n) is 3.91. The quantitative estimate of drug-likeness (QED) is 0.840. The van der Waals surface area contributed by atoms with Gasteiger partial charge in [-0.15, -0.1) is 0 Å². The van der Waals surface area contributed by atoms with Crippen molar-refractivity contribution in [2.24, 2.45) is 5.73 Å². The van der Waals surface area contributed by atoms with Gasteiger partial charge in [-0.1, -0.05) is 12.1 Å². The van der Waals surface area contributed by atoms with Gasteiger partial charge in [0.25, 0.3) is 0 Å². The molecule has 0 aliphatic carbocycles. The highest BCUT2D eigenvalue weighted by molar-refractivity contribution is 5.29. The second-order valence-electron chi connectivity index (χ2n) is 5.17. The van der Waals surface area contributed by atoms with Crippen LogP contribution in [0.25, 0.3) is 0 Å². The van der Waals surface area contributed by atoms with E-state index in [0.717, 1.165) is 25.2 Å². The Morgan fingerprint density at radius 1 is 1.44 bits per heavy atom. The molecular formula is C14H23N3O. The lowest BCUT2D eigenvalue weighted by Crippen LogP contribution is -2.52. The zero-order valence-corrected chi connectivity index (χ0v) is 11.2. The number of nitrogens with two attached hydrogens (primary N) is 1. The number of hydrogen-bond acceptors (Lipinski definition) is 4. The van der Waals surface area contributed by atoms with Gasteiger partial charge in [0, 0.05) is 38.3 Å². The number of piperazine rings is 1. The summed E-state index contributed by atoms with van der Waals surface area (Å²) >= 11 is 0. The maximum Gasteiger partial charge on any atom is 0.115 e. The van der Waals surface area contributed by atoms with Crippen molar-refractivity contribution in [1.82, 2.24) is 9.80 Å². The Hall–Kier alpha value is -1.10. The first-order valence-corrected chi connectivity index (χ1v) is 6.55. The average molecular weight is 249 g/mol. The molecule has 0 saturated carbocycles. The molecule has 0 radical (unpaired) electrons. The van der Waals surface area contributed by atoms with Crippen LogP contribution < -0.4 is 5.73 Å². The predicted molar refractivity (Wildman–Crippen MR) is 73.6 cm³/mol. The highest BCUT2D eigenvalue weighted by Crippen LogP contribution is 2.25. The van der Waals surface area contributed by atoms with Crippen LogP contribution in [0.15, 0.2) is 24.3 Å². The Bertz CT molecular complexity index is 396. The van der Waals surface area contributed by atoms with Crippen LogP contribution in [-0.4, -0.2) is 54.2 Å². The Balaban J connectivity index is 2.14. The Kier molecular flexibility index (Phi) is 4.22. The predicted octanol–water partition coefficient (Wildman–Crippen LogP) is 1.03. The summed E-state index contributed by atoms with van der Waals surface area (Å²) in [5.41, 5.74) is 7.03. The van der Waals surface area contributed by atoms with Crippen molar-refractivity contribution in [2.75, 3.05) is 33.2 Å². The van der Waals surface area contributed by atoms with Gasteiger partial charge in [0.2, 0.25) is 0 Å². The van der Waals surface area contributed by atoms with Crippen LogP contribution in [0.3, 0.4) is 0 Å². The summed E-state index contributed by atoms with van der Waals surface area (Å²) in [6, 6.07) is 8.19. The minimum Gasteiger partial charge on any atom is -0.508 e. The molecule has 4 nitrogen and oxygen atoms in total. The van der Waals surface area contributed by atoms with E-state index in [4.69, 9.17) is 5.73 Å². The Morgan fingerprint density at radius 3 is 2.83 bits per heavy atom. The first-order valence-electron chi connectivity index (χ1n) is 6.55. The SMILES string of the molecule is CC1CN(C(CN)c2cccc(O)c2)CCN1C. The van der Waals surface area contributed by atoms with E-state index in [-0.39, 0.29) is 6.04 Å². The summed E-state index contributed by atoms with van der Waals surface area (Å²) in [4.78, 5) is 4.78. The lowest BCUT2D eigenvalue weighted by atomic mass is 10.0. The summed E-state index contributed by atoms with van der Waals surface area (Å²) in [5.74, 6) is 0.313. The van der Waals surface area contributed by atoms with Crippen molar-refractivity contribution in [2.45, 2.75) is 19.0 Å². The Labute approximate surface area is 109 Å². The van der Waals surface area contributed by atoms with Crippen LogP contribution in [-0.2, 0) is 0 Å². The van der Waals surface area contributed by atoms with E-state index in [1.54, 1.807) is 6.07 Å². The van der Waals surface area contributed by atoms with Gasteiger partial charge in [0.1, 0.15) is 5.75 Å². The molecule has 1 aromatic carbocycles. The monoisotopic (exact) mass is 249 g/mol. The second kappa shape index (κ2) is 5.69. The highest BCUT2D eigenvalue weighted by Gasteiger charge is 2.26. The number of likely N-dealkylation sites (N-methyl/N-ethyl adjacent to an activating group) is 1. The normalized spacial score (nSPS) is 24.1. The van der Waals surface area contributed by atoms with Crippen LogP contribution >= 0.6 is 0 Å². The zero-order chi connectivity index (χ0) is 13.1. The van der Waals surface area contributed by atoms with Gasteiger partial charge in [0.05, 0.1) is 0 Å². The van der Waals surface area contributed by atoms with Crippen molar-refractivity contribution >= 4 is 0 Å². The van der Waals surface area contributed by atoms with E-state index in [1.807, 2.05) is 18.2 Å². The van der Waals surface area contributed by atoms with Gasteiger partial charge in [-0.2, -0.15) is 0 Å². The van der Waals surface area contributed by atoms with Crippen LogP contribution in [0, 0.1) is 0 Å². The molecule has 1 fully saturated rings. The molecule has 100 valence electrons. The first kappa shape index (κ1) is 13.3. The van der Waals surface area contributed by atoms with Gasteiger partial charge < -0.3 is 15.7 Å². The van der Waals surface area contributed by atoms with Gasteiger partial charge in [0.15, 0.2) is 0 Å². The number of phenolic OH excluding ortho intramolecular Hbond substituents is 1. The minimum absolute atomic E-state index is 0.202. The third kappa shape index (κ3) is 2.83. The van der Waals surface area contributed by atoms with Crippen LogP contribution in [0.1, 0.15) is 18.5 Å². The molecular weight excluding hydrogens is 226 g/mol. The molecule has 0 spiro atoms. The lowest BCUT2D eigenvalue weighted by Gasteiger charge is -2.41. The number of aromatic hydroxyl groups is 1. The molecule has 2 atom stereocenters. The smallest absolute Gasteiger partial charge is 0.115 e. The number of nitrogens with zero attached hydrogens (tertiary/aromatic N) is 2. The van der Waals surface area contributed by atoms with E-state index < -0.39 is 0 Å². The fourth-order valence-electron chi connectivity index (χ4n) is 2.59. The van der Waals surface area contributed by atoms with Gasteiger partial charge in [-0.3, -0.25) is 4.90 Å². The standard InChI is InChI=1S/C14H23N3O/c1-11-10-17(7-6-16(11)2)14(9-15)12-4-3-5-13(18)8-12/h3-5,8,11,14,18H,6-7,9-10,15H2,1-2H3. The van der Waals surface area contributed by atoms with Crippen LogP contribution in [0.2, 0.25) is 0 Å². The summed E-state index contributed by atoms with van der Waals surface area (Å²) in [5, 5.41) is 9.58. The zero-order valence-electron chi connectivity index (χ0n) is 11.2. The molecule has 4 heteroatoms. The van der Waals surface area contributed by atoms with E-state index >= 15 is 0 Å². The fourth-order valence-corrected chi connectivity index (χ4v) is 2.59. The van der Waals surface area contributed by atoms with E-state index in [9.17, 15) is 5.11 Å². The topological polar surface area (TPSA) is 52.7 Å². The molecule has 2 rings (SSSR count). The molecule has 0 amide bonds. The summed E-state index contributed by atoms with van der Waals surface area (Å²) in [6.07, 6.45) is 0. The average Bonchev–Trinajstić information content (AvgIpc) is 2.35. The number of rotatable bonds is 3. The summed E-state index contributed by atoms with van der Waals surface area (Å²) < 4.78 is 0.